The number of halogens is 1. The number of ether oxygens (including phenoxy) is 2. The molecule has 1 aliphatic rings. The van der Waals surface area contributed by atoms with Gasteiger partial charge in [0.05, 0.1) is 20.2 Å². The van der Waals surface area contributed by atoms with Crippen LogP contribution in [0.4, 0.5) is 0 Å². The number of hydrogen-bond acceptors (Lipinski definition) is 5. The Kier molecular flexibility index (Phi) is 4.35. The summed E-state index contributed by atoms with van der Waals surface area (Å²) in [5.74, 6) is -0.718. The summed E-state index contributed by atoms with van der Waals surface area (Å²) in [6, 6.07) is -0.757. The molecule has 0 aromatic rings. The van der Waals surface area contributed by atoms with Gasteiger partial charge in [0.2, 0.25) is 0 Å². The quantitative estimate of drug-likeness (QED) is 0.402. The second-order valence-electron chi connectivity index (χ2n) is 3.29. The lowest BCUT2D eigenvalue weighted by atomic mass is 10.2. The first kappa shape index (κ1) is 12.3. The van der Waals surface area contributed by atoms with Crippen molar-refractivity contribution in [1.29, 1.82) is 0 Å². The van der Waals surface area contributed by atoms with Crippen molar-refractivity contribution < 1.29 is 19.1 Å². The third kappa shape index (κ3) is 2.41. The molecule has 0 aliphatic carbocycles. The lowest BCUT2D eigenvalue weighted by Gasteiger charge is -2.24. The molecule has 0 N–H and O–H groups in total. The van der Waals surface area contributed by atoms with Gasteiger partial charge in [-0.2, -0.15) is 0 Å². The van der Waals surface area contributed by atoms with Crippen LogP contribution in [0.2, 0.25) is 0 Å². The standard InChI is InChI=1S/C9H14ClNO4/c1-14-8(12)6-3-4-7(9(13)15-2)11(6)5-10/h6-7H,3-5H2,1-2H3/t6-,7-/m0/s1. The lowest BCUT2D eigenvalue weighted by Crippen LogP contribution is -2.44. The lowest BCUT2D eigenvalue weighted by molar-refractivity contribution is -0.150. The first-order chi connectivity index (χ1) is 7.15. The van der Waals surface area contributed by atoms with E-state index in [0.717, 1.165) is 0 Å². The van der Waals surface area contributed by atoms with Gasteiger partial charge in [0.15, 0.2) is 0 Å². The summed E-state index contributed by atoms with van der Waals surface area (Å²) in [5, 5.41) is 0. The summed E-state index contributed by atoms with van der Waals surface area (Å²) in [6.07, 6.45) is 1.14. The summed E-state index contributed by atoms with van der Waals surface area (Å²) in [5.41, 5.74) is 0. The van der Waals surface area contributed by atoms with Crippen molar-refractivity contribution in [3.05, 3.63) is 0 Å². The molecule has 86 valence electrons. The van der Waals surface area contributed by atoms with Crippen LogP contribution in [0.5, 0.6) is 0 Å². The van der Waals surface area contributed by atoms with Gasteiger partial charge in [-0.25, -0.2) is 0 Å². The molecular weight excluding hydrogens is 222 g/mol. The van der Waals surface area contributed by atoms with E-state index in [1.54, 1.807) is 4.90 Å². The number of alkyl halides is 1. The van der Waals surface area contributed by atoms with E-state index >= 15 is 0 Å². The third-order valence-corrected chi connectivity index (χ3v) is 2.87. The molecule has 1 fully saturated rings. The van der Waals surface area contributed by atoms with Gasteiger partial charge in [-0.3, -0.25) is 14.5 Å². The van der Waals surface area contributed by atoms with Crippen molar-refractivity contribution in [2.45, 2.75) is 24.9 Å². The highest BCUT2D eigenvalue weighted by atomic mass is 35.5. The smallest absolute Gasteiger partial charge is 0.323 e. The number of methoxy groups -OCH3 is 2. The molecule has 0 aromatic heterocycles. The third-order valence-electron chi connectivity index (χ3n) is 2.60. The van der Waals surface area contributed by atoms with Gasteiger partial charge >= 0.3 is 11.9 Å². The van der Waals surface area contributed by atoms with E-state index in [1.807, 2.05) is 0 Å². The number of carbonyl (C=O) groups excluding carboxylic acids is 2. The first-order valence-electron chi connectivity index (χ1n) is 4.63. The summed E-state index contributed by atoms with van der Waals surface area (Å²) in [7, 11) is 2.64. The topological polar surface area (TPSA) is 55.8 Å². The van der Waals surface area contributed by atoms with E-state index in [-0.39, 0.29) is 17.9 Å². The Hall–Kier alpha value is -0.810. The zero-order valence-electron chi connectivity index (χ0n) is 8.73. The average Bonchev–Trinajstić information content (AvgIpc) is 2.70. The number of esters is 2. The zero-order chi connectivity index (χ0) is 11.4. The zero-order valence-corrected chi connectivity index (χ0v) is 9.49. The second-order valence-corrected chi connectivity index (χ2v) is 3.53. The highest BCUT2D eigenvalue weighted by Crippen LogP contribution is 2.26. The van der Waals surface area contributed by atoms with E-state index in [2.05, 4.69) is 9.47 Å². The summed E-state index contributed by atoms with van der Waals surface area (Å²) < 4.78 is 9.27. The molecule has 1 rings (SSSR count). The maximum absolute atomic E-state index is 11.4. The van der Waals surface area contributed by atoms with Crippen molar-refractivity contribution >= 4 is 23.5 Å². The first-order valence-corrected chi connectivity index (χ1v) is 5.16. The van der Waals surface area contributed by atoms with Crippen LogP contribution >= 0.6 is 11.6 Å². The van der Waals surface area contributed by atoms with Gasteiger partial charge in [-0.05, 0) is 12.8 Å². The molecule has 0 amide bonds. The van der Waals surface area contributed by atoms with E-state index < -0.39 is 12.1 Å². The molecule has 1 heterocycles. The summed E-state index contributed by atoms with van der Waals surface area (Å²) in [4.78, 5) is 24.3. The SMILES string of the molecule is COC(=O)[C@@H]1CC[C@@H](C(=O)OC)N1CCl. The number of rotatable bonds is 3. The highest BCUT2D eigenvalue weighted by Gasteiger charge is 2.42. The Balaban J connectivity index is 2.73. The second kappa shape index (κ2) is 5.32. The highest BCUT2D eigenvalue weighted by molar-refractivity contribution is 6.17. The molecule has 15 heavy (non-hydrogen) atoms. The van der Waals surface area contributed by atoms with Crippen LogP contribution in [-0.4, -0.2) is 49.1 Å². The molecule has 5 nitrogen and oxygen atoms in total. The number of carbonyl (C=O) groups is 2. The van der Waals surface area contributed by atoms with E-state index in [4.69, 9.17) is 11.6 Å². The molecule has 0 saturated carbocycles. The Labute approximate surface area is 93.3 Å². The Morgan fingerprint density at radius 2 is 1.60 bits per heavy atom. The number of hydrogen-bond donors (Lipinski definition) is 0. The van der Waals surface area contributed by atoms with Crippen molar-refractivity contribution in [2.24, 2.45) is 0 Å². The molecular formula is C9H14ClNO4. The number of likely N-dealkylation sites (tertiary alicyclic amines) is 1. The average molecular weight is 236 g/mol. The van der Waals surface area contributed by atoms with Gasteiger partial charge in [0.25, 0.3) is 0 Å². The maximum atomic E-state index is 11.4. The fourth-order valence-electron chi connectivity index (χ4n) is 1.81. The van der Waals surface area contributed by atoms with Gasteiger partial charge in [-0.15, -0.1) is 11.6 Å². The minimum atomic E-state index is -0.434. The van der Waals surface area contributed by atoms with Crippen molar-refractivity contribution in [2.75, 3.05) is 20.2 Å². The van der Waals surface area contributed by atoms with Gasteiger partial charge in [-0.1, -0.05) is 0 Å². The predicted octanol–water partition coefficient (Wildman–Crippen LogP) is 0.362. The molecule has 0 bridgehead atoms. The van der Waals surface area contributed by atoms with Crippen LogP contribution in [-0.2, 0) is 19.1 Å². The minimum Gasteiger partial charge on any atom is -0.468 e. The number of nitrogens with zero attached hydrogens (tertiary/aromatic N) is 1. The summed E-state index contributed by atoms with van der Waals surface area (Å²) >= 11 is 5.71. The Morgan fingerprint density at radius 3 is 1.87 bits per heavy atom. The molecule has 0 spiro atoms. The Bertz CT molecular complexity index is 234. The van der Waals surface area contributed by atoms with E-state index in [9.17, 15) is 9.59 Å². The molecule has 6 heteroatoms. The van der Waals surface area contributed by atoms with Crippen LogP contribution in [0.25, 0.3) is 0 Å². The van der Waals surface area contributed by atoms with E-state index in [0.29, 0.717) is 12.8 Å². The monoisotopic (exact) mass is 235 g/mol. The van der Waals surface area contributed by atoms with E-state index in [1.165, 1.54) is 14.2 Å². The fourth-order valence-corrected chi connectivity index (χ4v) is 2.14. The van der Waals surface area contributed by atoms with Crippen LogP contribution < -0.4 is 0 Å². The van der Waals surface area contributed by atoms with Gasteiger partial charge in [0.1, 0.15) is 12.1 Å². The molecule has 0 unspecified atom stereocenters. The molecule has 2 atom stereocenters. The molecule has 1 saturated heterocycles. The normalized spacial score (nSPS) is 26.3. The molecule has 0 radical (unpaired) electrons. The molecule has 1 aliphatic heterocycles. The van der Waals surface area contributed by atoms with Crippen LogP contribution in [0, 0.1) is 0 Å². The Morgan fingerprint density at radius 1 is 1.20 bits per heavy atom. The van der Waals surface area contributed by atoms with Crippen LogP contribution in [0.3, 0.4) is 0 Å². The van der Waals surface area contributed by atoms with Gasteiger partial charge in [0, 0.05) is 0 Å². The summed E-state index contributed by atoms with van der Waals surface area (Å²) in [6.45, 7) is 0. The van der Waals surface area contributed by atoms with Crippen molar-refractivity contribution in [3.8, 4) is 0 Å². The molecule has 0 aromatic carbocycles. The minimum absolute atomic E-state index is 0.111. The fraction of sp³-hybridized carbons (Fsp3) is 0.778. The van der Waals surface area contributed by atoms with Crippen molar-refractivity contribution in [3.63, 3.8) is 0 Å². The van der Waals surface area contributed by atoms with Crippen LogP contribution in [0.1, 0.15) is 12.8 Å². The maximum Gasteiger partial charge on any atom is 0.323 e. The predicted molar refractivity (Wildman–Crippen MR) is 53.4 cm³/mol. The van der Waals surface area contributed by atoms with Gasteiger partial charge < -0.3 is 9.47 Å². The van der Waals surface area contributed by atoms with Crippen molar-refractivity contribution in [1.82, 2.24) is 4.90 Å². The largest absolute Gasteiger partial charge is 0.468 e. The van der Waals surface area contributed by atoms with Crippen LogP contribution in [0.15, 0.2) is 0 Å².